The van der Waals surface area contributed by atoms with Gasteiger partial charge in [-0.3, -0.25) is 4.90 Å². The van der Waals surface area contributed by atoms with E-state index in [4.69, 9.17) is 0 Å². The van der Waals surface area contributed by atoms with Gasteiger partial charge >= 0.3 is 0 Å². The maximum Gasteiger partial charge on any atom is 0.115 e. The molecule has 3 N–H and O–H groups in total. The lowest BCUT2D eigenvalue weighted by Crippen LogP contribution is -2.47. The van der Waals surface area contributed by atoms with E-state index in [1.54, 1.807) is 24.3 Å². The summed E-state index contributed by atoms with van der Waals surface area (Å²) in [5, 5.41) is 31.0. The summed E-state index contributed by atoms with van der Waals surface area (Å²) in [4.78, 5) is 2.22. The molecule has 3 rings (SSSR count). The van der Waals surface area contributed by atoms with Crippen LogP contribution >= 0.6 is 0 Å². The van der Waals surface area contributed by atoms with E-state index in [9.17, 15) is 15.3 Å². The summed E-state index contributed by atoms with van der Waals surface area (Å²) in [6, 6.07) is 14.8. The fourth-order valence-corrected chi connectivity index (χ4v) is 3.60. The van der Waals surface area contributed by atoms with Crippen LogP contribution < -0.4 is 0 Å². The SMILES string of the molecule is Cc1ccc(C2(O)CCN([C@@H](C)[C@@H](O)c3ccc(O)cc3)CC2)cc1. The zero-order valence-electron chi connectivity index (χ0n) is 14.9. The average molecular weight is 341 g/mol. The van der Waals surface area contributed by atoms with Gasteiger partial charge in [-0.15, -0.1) is 0 Å². The molecule has 0 radical (unpaired) electrons. The number of aryl methyl sites for hydroxylation is 1. The van der Waals surface area contributed by atoms with Crippen LogP contribution in [0.1, 0.15) is 42.6 Å². The number of aliphatic hydroxyl groups is 2. The Labute approximate surface area is 149 Å². The highest BCUT2D eigenvalue weighted by atomic mass is 16.3. The van der Waals surface area contributed by atoms with E-state index in [0.717, 1.165) is 24.2 Å². The molecule has 1 fully saturated rings. The molecule has 1 aliphatic rings. The van der Waals surface area contributed by atoms with Crippen molar-refractivity contribution in [2.75, 3.05) is 13.1 Å². The summed E-state index contributed by atoms with van der Waals surface area (Å²) < 4.78 is 0. The van der Waals surface area contributed by atoms with Crippen LogP contribution in [0.15, 0.2) is 48.5 Å². The van der Waals surface area contributed by atoms with Crippen molar-refractivity contribution in [2.24, 2.45) is 0 Å². The molecule has 2 aromatic rings. The highest BCUT2D eigenvalue weighted by molar-refractivity contribution is 5.29. The highest BCUT2D eigenvalue weighted by Crippen LogP contribution is 2.35. The van der Waals surface area contributed by atoms with Crippen LogP contribution in [0, 0.1) is 6.92 Å². The fourth-order valence-electron chi connectivity index (χ4n) is 3.60. The monoisotopic (exact) mass is 341 g/mol. The molecule has 2 aromatic carbocycles. The third-order valence-corrected chi connectivity index (χ3v) is 5.48. The molecule has 0 bridgehead atoms. The molecule has 1 saturated heterocycles. The first kappa shape index (κ1) is 17.9. The van der Waals surface area contributed by atoms with Crippen molar-refractivity contribution in [3.8, 4) is 5.75 Å². The van der Waals surface area contributed by atoms with E-state index in [1.807, 2.05) is 38.1 Å². The number of phenols is 1. The number of phenolic OH excluding ortho intramolecular Hbond substituents is 1. The molecule has 1 aliphatic heterocycles. The molecule has 0 aromatic heterocycles. The molecule has 0 unspecified atom stereocenters. The van der Waals surface area contributed by atoms with Gasteiger partial charge in [0.05, 0.1) is 11.7 Å². The molecular weight excluding hydrogens is 314 g/mol. The summed E-state index contributed by atoms with van der Waals surface area (Å²) in [6.45, 7) is 5.53. The molecule has 0 amide bonds. The zero-order chi connectivity index (χ0) is 18.0. The number of aromatic hydroxyl groups is 1. The van der Waals surface area contributed by atoms with Crippen molar-refractivity contribution in [1.82, 2.24) is 4.90 Å². The maximum atomic E-state index is 11.0. The number of benzene rings is 2. The van der Waals surface area contributed by atoms with Crippen LogP contribution in [0.25, 0.3) is 0 Å². The van der Waals surface area contributed by atoms with Gasteiger partial charge in [0.1, 0.15) is 5.75 Å². The van der Waals surface area contributed by atoms with Crippen LogP contribution in [0.5, 0.6) is 5.75 Å². The van der Waals surface area contributed by atoms with Gasteiger partial charge in [0, 0.05) is 19.1 Å². The number of nitrogens with zero attached hydrogens (tertiary/aromatic N) is 1. The predicted molar refractivity (Wildman–Crippen MR) is 98.4 cm³/mol. The molecule has 4 heteroatoms. The van der Waals surface area contributed by atoms with Crippen molar-refractivity contribution in [3.05, 3.63) is 65.2 Å². The van der Waals surface area contributed by atoms with Crippen LogP contribution in [0.3, 0.4) is 0 Å². The molecule has 0 saturated carbocycles. The molecule has 0 aliphatic carbocycles. The molecule has 1 heterocycles. The Bertz CT molecular complexity index is 688. The van der Waals surface area contributed by atoms with Crippen LogP contribution in [0.4, 0.5) is 0 Å². The molecule has 2 atom stereocenters. The van der Waals surface area contributed by atoms with Crippen molar-refractivity contribution in [3.63, 3.8) is 0 Å². The summed E-state index contributed by atoms with van der Waals surface area (Å²) in [5.74, 6) is 0.199. The smallest absolute Gasteiger partial charge is 0.115 e. The second-order valence-electron chi connectivity index (χ2n) is 7.21. The van der Waals surface area contributed by atoms with E-state index in [2.05, 4.69) is 4.90 Å². The Morgan fingerprint density at radius 2 is 1.52 bits per heavy atom. The molecule has 4 nitrogen and oxygen atoms in total. The molecule has 134 valence electrons. The van der Waals surface area contributed by atoms with Crippen molar-refractivity contribution < 1.29 is 15.3 Å². The average Bonchev–Trinajstić information content (AvgIpc) is 2.62. The second-order valence-corrected chi connectivity index (χ2v) is 7.21. The Hall–Kier alpha value is -1.88. The summed E-state index contributed by atoms with van der Waals surface area (Å²) in [6.07, 6.45) is 0.692. The minimum atomic E-state index is -0.784. The van der Waals surface area contributed by atoms with Gasteiger partial charge < -0.3 is 15.3 Å². The van der Waals surface area contributed by atoms with Crippen LogP contribution in [-0.4, -0.2) is 39.4 Å². The number of hydrogen-bond donors (Lipinski definition) is 3. The minimum absolute atomic E-state index is 0.0490. The largest absolute Gasteiger partial charge is 0.508 e. The highest BCUT2D eigenvalue weighted by Gasteiger charge is 2.36. The fraction of sp³-hybridized carbons (Fsp3) is 0.429. The van der Waals surface area contributed by atoms with E-state index >= 15 is 0 Å². The van der Waals surface area contributed by atoms with Crippen LogP contribution in [-0.2, 0) is 5.60 Å². The molecular formula is C21H27NO3. The summed E-state index contributed by atoms with van der Waals surface area (Å²) in [5.41, 5.74) is 2.18. The molecule has 0 spiro atoms. The first-order valence-electron chi connectivity index (χ1n) is 8.90. The Morgan fingerprint density at radius 3 is 2.08 bits per heavy atom. The van der Waals surface area contributed by atoms with Crippen molar-refractivity contribution >= 4 is 0 Å². The summed E-state index contributed by atoms with van der Waals surface area (Å²) in [7, 11) is 0. The summed E-state index contributed by atoms with van der Waals surface area (Å²) >= 11 is 0. The van der Waals surface area contributed by atoms with E-state index in [0.29, 0.717) is 12.8 Å². The topological polar surface area (TPSA) is 63.9 Å². The third-order valence-electron chi connectivity index (χ3n) is 5.48. The first-order valence-corrected chi connectivity index (χ1v) is 8.90. The number of hydrogen-bond acceptors (Lipinski definition) is 4. The van der Waals surface area contributed by atoms with E-state index < -0.39 is 11.7 Å². The maximum absolute atomic E-state index is 11.0. The Morgan fingerprint density at radius 1 is 0.960 bits per heavy atom. The quantitative estimate of drug-likeness (QED) is 0.800. The van der Waals surface area contributed by atoms with Gasteiger partial charge in [0.25, 0.3) is 0 Å². The lowest BCUT2D eigenvalue weighted by Gasteiger charge is -2.42. The number of piperidine rings is 1. The number of rotatable bonds is 4. The van der Waals surface area contributed by atoms with Gasteiger partial charge in [-0.2, -0.15) is 0 Å². The Kier molecular flexibility index (Phi) is 5.13. The van der Waals surface area contributed by atoms with E-state index in [-0.39, 0.29) is 11.8 Å². The van der Waals surface area contributed by atoms with Gasteiger partial charge in [-0.1, -0.05) is 42.0 Å². The lowest BCUT2D eigenvalue weighted by atomic mass is 9.83. The van der Waals surface area contributed by atoms with Gasteiger partial charge in [-0.05, 0) is 49.9 Å². The Balaban J connectivity index is 1.64. The zero-order valence-corrected chi connectivity index (χ0v) is 14.9. The van der Waals surface area contributed by atoms with E-state index in [1.165, 1.54) is 5.56 Å². The van der Waals surface area contributed by atoms with Gasteiger partial charge in [0.15, 0.2) is 0 Å². The van der Waals surface area contributed by atoms with Crippen LogP contribution in [0.2, 0.25) is 0 Å². The van der Waals surface area contributed by atoms with Crippen molar-refractivity contribution in [1.29, 1.82) is 0 Å². The lowest BCUT2D eigenvalue weighted by molar-refractivity contribution is -0.0501. The normalized spacial score (nSPS) is 20.2. The second kappa shape index (κ2) is 7.16. The standard InChI is InChI=1S/C21H27NO3/c1-15-3-7-18(8-4-15)21(25)11-13-22(14-12-21)16(2)20(24)17-5-9-19(23)10-6-17/h3-10,16,20,23-25H,11-14H2,1-2H3/t16-,20+/m0/s1. The number of aliphatic hydroxyl groups excluding tert-OH is 1. The first-order chi connectivity index (χ1) is 11.9. The predicted octanol–water partition coefficient (Wildman–Crippen LogP) is 3.11. The third kappa shape index (κ3) is 3.87. The minimum Gasteiger partial charge on any atom is -0.508 e. The number of likely N-dealkylation sites (tertiary alicyclic amines) is 1. The van der Waals surface area contributed by atoms with Gasteiger partial charge in [-0.25, -0.2) is 0 Å². The van der Waals surface area contributed by atoms with Gasteiger partial charge in [0.2, 0.25) is 0 Å². The van der Waals surface area contributed by atoms with Crippen molar-refractivity contribution in [2.45, 2.75) is 44.4 Å². The molecule has 25 heavy (non-hydrogen) atoms.